The van der Waals surface area contributed by atoms with Gasteiger partial charge in [0.05, 0.1) is 5.52 Å². The second kappa shape index (κ2) is 6.53. The van der Waals surface area contributed by atoms with E-state index in [1.165, 1.54) is 0 Å². The van der Waals surface area contributed by atoms with E-state index in [1.807, 2.05) is 34.9 Å². The molecule has 2 rings (SSSR count). The van der Waals surface area contributed by atoms with Gasteiger partial charge in [-0.15, -0.1) is 0 Å². The molecule has 102 valence electrons. The summed E-state index contributed by atoms with van der Waals surface area (Å²) in [4.78, 5) is 12.1. The summed E-state index contributed by atoms with van der Waals surface area (Å²) in [7, 11) is 0. The van der Waals surface area contributed by atoms with Gasteiger partial charge in [0.15, 0.2) is 0 Å². The van der Waals surface area contributed by atoms with Gasteiger partial charge in [0.25, 0.3) is 5.56 Å². The van der Waals surface area contributed by atoms with E-state index in [0.717, 1.165) is 36.8 Å². The zero-order valence-corrected chi connectivity index (χ0v) is 11.7. The zero-order chi connectivity index (χ0) is 13.7. The van der Waals surface area contributed by atoms with Gasteiger partial charge >= 0.3 is 0 Å². The fourth-order valence-corrected chi connectivity index (χ4v) is 2.34. The summed E-state index contributed by atoms with van der Waals surface area (Å²) in [5.41, 5.74) is 1.10. The van der Waals surface area contributed by atoms with Crippen molar-refractivity contribution < 1.29 is 0 Å². The summed E-state index contributed by atoms with van der Waals surface area (Å²) in [5, 5.41) is 4.62. The van der Waals surface area contributed by atoms with Crippen LogP contribution in [-0.4, -0.2) is 17.2 Å². The number of pyridine rings is 1. The second-order valence-corrected chi connectivity index (χ2v) is 4.90. The number of aromatic nitrogens is 1. The minimum Gasteiger partial charge on any atom is -0.312 e. The average Bonchev–Trinajstić information content (AvgIpc) is 2.45. The van der Waals surface area contributed by atoms with Crippen LogP contribution in [0.3, 0.4) is 0 Å². The smallest absolute Gasteiger partial charge is 0.251 e. The summed E-state index contributed by atoms with van der Waals surface area (Å²) in [6.45, 7) is 6.04. The van der Waals surface area contributed by atoms with Crippen LogP contribution < -0.4 is 10.9 Å². The molecule has 0 saturated carbocycles. The number of nitrogens with one attached hydrogen (secondary N) is 1. The molecule has 3 heteroatoms. The number of benzene rings is 1. The normalized spacial score (nSPS) is 12.7. The van der Waals surface area contributed by atoms with Crippen LogP contribution in [0.4, 0.5) is 0 Å². The molecule has 19 heavy (non-hydrogen) atoms. The molecule has 3 nitrogen and oxygen atoms in total. The molecule has 0 spiro atoms. The Morgan fingerprint density at radius 1 is 1.16 bits per heavy atom. The molecule has 0 aliphatic heterocycles. The Labute approximate surface area is 114 Å². The van der Waals surface area contributed by atoms with Gasteiger partial charge < -0.3 is 9.88 Å². The first-order valence-electron chi connectivity index (χ1n) is 7.08. The molecular weight excluding hydrogens is 236 g/mol. The number of para-hydroxylation sites is 1. The molecule has 2 aromatic rings. The number of fused-ring (bicyclic) bond motifs is 1. The first-order valence-corrected chi connectivity index (χ1v) is 7.08. The molecule has 0 aliphatic rings. The van der Waals surface area contributed by atoms with Crippen molar-refractivity contribution in [3.05, 3.63) is 46.8 Å². The highest BCUT2D eigenvalue weighted by molar-refractivity contribution is 5.78. The van der Waals surface area contributed by atoms with Gasteiger partial charge in [-0.2, -0.15) is 0 Å². The lowest BCUT2D eigenvalue weighted by Crippen LogP contribution is -2.36. The van der Waals surface area contributed by atoms with Crippen molar-refractivity contribution in [1.82, 2.24) is 9.88 Å². The highest BCUT2D eigenvalue weighted by Crippen LogP contribution is 2.11. The van der Waals surface area contributed by atoms with Crippen molar-refractivity contribution in [2.24, 2.45) is 0 Å². The van der Waals surface area contributed by atoms with Crippen LogP contribution in [0.5, 0.6) is 0 Å². The van der Waals surface area contributed by atoms with Crippen molar-refractivity contribution in [2.75, 3.05) is 6.54 Å². The fourth-order valence-electron chi connectivity index (χ4n) is 2.34. The van der Waals surface area contributed by atoms with Crippen molar-refractivity contribution in [1.29, 1.82) is 0 Å². The van der Waals surface area contributed by atoms with Gasteiger partial charge in [-0.05, 0) is 36.9 Å². The first-order chi connectivity index (χ1) is 9.26. The Morgan fingerprint density at radius 2 is 1.95 bits per heavy atom. The lowest BCUT2D eigenvalue weighted by molar-refractivity contribution is 0.437. The predicted octanol–water partition coefficient (Wildman–Crippen LogP) is 2.78. The third-order valence-corrected chi connectivity index (χ3v) is 3.48. The molecule has 0 aliphatic carbocycles. The van der Waals surface area contributed by atoms with Crippen LogP contribution in [-0.2, 0) is 6.54 Å². The quantitative estimate of drug-likeness (QED) is 0.864. The number of nitrogens with zero attached hydrogens (tertiary/aromatic N) is 1. The summed E-state index contributed by atoms with van der Waals surface area (Å²) in [5.74, 6) is 0. The lowest BCUT2D eigenvalue weighted by atomic mass is 10.1. The Morgan fingerprint density at radius 3 is 2.68 bits per heavy atom. The standard InChI is InChI=1S/C16H22N2O/c1-3-11-17-14(4-2)12-18-15-8-6-5-7-13(15)9-10-16(18)19/h5-10,14,17H,3-4,11-12H2,1-2H3. The van der Waals surface area contributed by atoms with Crippen LogP contribution in [0.2, 0.25) is 0 Å². The van der Waals surface area contributed by atoms with Gasteiger partial charge in [0.2, 0.25) is 0 Å². The van der Waals surface area contributed by atoms with E-state index in [2.05, 4.69) is 19.2 Å². The van der Waals surface area contributed by atoms with E-state index in [-0.39, 0.29) is 5.56 Å². The zero-order valence-electron chi connectivity index (χ0n) is 11.7. The minimum absolute atomic E-state index is 0.0791. The molecule has 1 heterocycles. The van der Waals surface area contributed by atoms with Crippen LogP contribution in [0.1, 0.15) is 26.7 Å². The van der Waals surface area contributed by atoms with Gasteiger partial charge in [-0.1, -0.05) is 32.0 Å². The van der Waals surface area contributed by atoms with Crippen LogP contribution in [0, 0.1) is 0 Å². The highest BCUT2D eigenvalue weighted by Gasteiger charge is 2.09. The van der Waals surface area contributed by atoms with Gasteiger partial charge in [0.1, 0.15) is 0 Å². The second-order valence-electron chi connectivity index (χ2n) is 4.90. The molecular formula is C16H22N2O. The molecule has 0 radical (unpaired) electrons. The van der Waals surface area contributed by atoms with Gasteiger partial charge in [0, 0.05) is 18.7 Å². The number of rotatable bonds is 6. The molecule has 0 bridgehead atoms. The topological polar surface area (TPSA) is 34.0 Å². The molecule has 1 aromatic heterocycles. The van der Waals surface area contributed by atoms with Crippen molar-refractivity contribution in [3.63, 3.8) is 0 Å². The first kappa shape index (κ1) is 13.8. The monoisotopic (exact) mass is 258 g/mol. The predicted molar refractivity (Wildman–Crippen MR) is 80.6 cm³/mol. The Balaban J connectivity index is 2.33. The van der Waals surface area contributed by atoms with E-state index in [4.69, 9.17) is 0 Å². The Hall–Kier alpha value is -1.61. The molecule has 1 N–H and O–H groups in total. The third kappa shape index (κ3) is 3.24. The SMILES string of the molecule is CCCNC(CC)Cn1c(=O)ccc2ccccc21. The Bertz CT molecular complexity index is 589. The van der Waals surface area contributed by atoms with Crippen LogP contribution in [0.25, 0.3) is 10.9 Å². The minimum atomic E-state index is 0.0791. The summed E-state index contributed by atoms with van der Waals surface area (Å²) >= 11 is 0. The van der Waals surface area contributed by atoms with Crippen LogP contribution in [0.15, 0.2) is 41.2 Å². The molecule has 0 saturated heterocycles. The molecule has 0 fully saturated rings. The highest BCUT2D eigenvalue weighted by atomic mass is 16.1. The molecule has 1 aromatic carbocycles. The average molecular weight is 258 g/mol. The molecule has 0 amide bonds. The lowest BCUT2D eigenvalue weighted by Gasteiger charge is -2.19. The summed E-state index contributed by atoms with van der Waals surface area (Å²) in [6.07, 6.45) is 2.14. The van der Waals surface area contributed by atoms with E-state index in [9.17, 15) is 4.79 Å². The largest absolute Gasteiger partial charge is 0.312 e. The van der Waals surface area contributed by atoms with E-state index in [0.29, 0.717) is 6.04 Å². The van der Waals surface area contributed by atoms with Crippen LogP contribution >= 0.6 is 0 Å². The van der Waals surface area contributed by atoms with E-state index >= 15 is 0 Å². The number of hydrogen-bond acceptors (Lipinski definition) is 2. The fraction of sp³-hybridized carbons (Fsp3) is 0.438. The van der Waals surface area contributed by atoms with E-state index in [1.54, 1.807) is 6.07 Å². The number of hydrogen-bond donors (Lipinski definition) is 1. The maximum Gasteiger partial charge on any atom is 0.251 e. The van der Waals surface area contributed by atoms with Gasteiger partial charge in [-0.3, -0.25) is 4.79 Å². The van der Waals surface area contributed by atoms with Gasteiger partial charge in [-0.25, -0.2) is 0 Å². The van der Waals surface area contributed by atoms with E-state index < -0.39 is 0 Å². The third-order valence-electron chi connectivity index (χ3n) is 3.48. The summed E-state index contributed by atoms with van der Waals surface area (Å²) in [6, 6.07) is 12.0. The maximum atomic E-state index is 12.1. The van der Waals surface area contributed by atoms with Crippen molar-refractivity contribution in [2.45, 2.75) is 39.3 Å². The maximum absolute atomic E-state index is 12.1. The van der Waals surface area contributed by atoms with Crippen molar-refractivity contribution in [3.8, 4) is 0 Å². The summed E-state index contributed by atoms with van der Waals surface area (Å²) < 4.78 is 1.88. The molecule has 1 atom stereocenters. The van der Waals surface area contributed by atoms with Crippen molar-refractivity contribution >= 4 is 10.9 Å². The Kier molecular flexibility index (Phi) is 4.74. The molecule has 1 unspecified atom stereocenters.